The number of ether oxygens (including phenoxy) is 1. The van der Waals surface area contributed by atoms with Gasteiger partial charge in [-0.05, 0) is 31.2 Å². The summed E-state index contributed by atoms with van der Waals surface area (Å²) in [6, 6.07) is 9.18. The summed E-state index contributed by atoms with van der Waals surface area (Å²) in [5.41, 5.74) is 1.29. The molecule has 0 aliphatic carbocycles. The highest BCUT2D eigenvalue weighted by atomic mass is 35.5. The van der Waals surface area contributed by atoms with Crippen LogP contribution in [0, 0.1) is 12.7 Å². The average molecular weight is 294 g/mol. The molecule has 0 aliphatic heterocycles. The fourth-order valence-electron chi connectivity index (χ4n) is 1.75. The minimum Gasteiger partial charge on any atom is -0.495 e. The highest BCUT2D eigenvalue weighted by Crippen LogP contribution is 2.27. The molecule has 0 fully saturated rings. The van der Waals surface area contributed by atoms with Gasteiger partial charge in [-0.3, -0.25) is 4.79 Å². The number of hydrogen-bond acceptors (Lipinski definition) is 2. The van der Waals surface area contributed by atoms with E-state index in [4.69, 9.17) is 16.3 Å². The van der Waals surface area contributed by atoms with Crippen LogP contribution in [0.25, 0.3) is 0 Å². The van der Waals surface area contributed by atoms with Gasteiger partial charge in [0, 0.05) is 11.8 Å². The van der Waals surface area contributed by atoms with Crippen LogP contribution in [0.5, 0.6) is 5.75 Å². The van der Waals surface area contributed by atoms with Crippen LogP contribution < -0.4 is 10.1 Å². The number of hydrogen-bond donors (Lipinski definition) is 1. The lowest BCUT2D eigenvalue weighted by atomic mass is 10.1. The maximum atomic E-state index is 13.6. The van der Waals surface area contributed by atoms with Crippen molar-refractivity contribution in [3.05, 3.63) is 58.4 Å². The maximum absolute atomic E-state index is 13.6. The molecule has 5 heteroatoms. The van der Waals surface area contributed by atoms with Gasteiger partial charge < -0.3 is 10.1 Å². The first-order valence-electron chi connectivity index (χ1n) is 5.92. The van der Waals surface area contributed by atoms with Gasteiger partial charge in [0.2, 0.25) is 0 Å². The second-order valence-electron chi connectivity index (χ2n) is 4.29. The third-order valence-corrected chi connectivity index (χ3v) is 3.09. The van der Waals surface area contributed by atoms with E-state index in [0.717, 1.165) is 5.56 Å². The Bertz CT molecular complexity index is 658. The zero-order chi connectivity index (χ0) is 14.7. The van der Waals surface area contributed by atoms with E-state index in [1.54, 1.807) is 31.2 Å². The van der Waals surface area contributed by atoms with E-state index in [-0.39, 0.29) is 5.56 Å². The number of anilines is 1. The Morgan fingerprint density at radius 1 is 1.25 bits per heavy atom. The average Bonchev–Trinajstić information content (AvgIpc) is 2.43. The molecular formula is C15H13ClFNO2. The first-order valence-corrected chi connectivity index (χ1v) is 6.30. The predicted octanol–water partition coefficient (Wildman–Crippen LogP) is 4.05. The number of halogens is 2. The van der Waals surface area contributed by atoms with E-state index in [0.29, 0.717) is 16.5 Å². The molecule has 0 radical (unpaired) electrons. The molecule has 104 valence electrons. The third kappa shape index (κ3) is 3.08. The molecule has 0 aromatic heterocycles. The van der Waals surface area contributed by atoms with Crippen LogP contribution in [-0.4, -0.2) is 13.0 Å². The zero-order valence-corrected chi connectivity index (χ0v) is 11.8. The number of rotatable bonds is 3. The van der Waals surface area contributed by atoms with Crippen molar-refractivity contribution in [1.29, 1.82) is 0 Å². The summed E-state index contributed by atoms with van der Waals surface area (Å²) in [4.78, 5) is 12.0. The summed E-state index contributed by atoms with van der Waals surface area (Å²) in [7, 11) is 1.48. The van der Waals surface area contributed by atoms with Gasteiger partial charge in [0.1, 0.15) is 11.6 Å². The van der Waals surface area contributed by atoms with Crippen LogP contribution in [-0.2, 0) is 0 Å². The number of benzene rings is 2. The van der Waals surface area contributed by atoms with Gasteiger partial charge in [0.25, 0.3) is 5.91 Å². The van der Waals surface area contributed by atoms with Crippen molar-refractivity contribution in [3.63, 3.8) is 0 Å². The SMILES string of the molecule is COc1cc(NC(=O)c2cc(C)ccc2F)ccc1Cl. The number of carbonyl (C=O) groups excluding carboxylic acids is 1. The quantitative estimate of drug-likeness (QED) is 0.927. The van der Waals surface area contributed by atoms with Crippen LogP contribution >= 0.6 is 11.6 Å². The zero-order valence-electron chi connectivity index (χ0n) is 11.0. The fraction of sp³-hybridized carbons (Fsp3) is 0.133. The molecule has 0 saturated heterocycles. The van der Waals surface area contributed by atoms with Gasteiger partial charge >= 0.3 is 0 Å². The molecule has 0 aliphatic rings. The van der Waals surface area contributed by atoms with Gasteiger partial charge in [-0.15, -0.1) is 0 Å². The Hall–Kier alpha value is -2.07. The molecule has 0 unspecified atom stereocenters. The molecule has 1 amide bonds. The topological polar surface area (TPSA) is 38.3 Å². The number of carbonyl (C=O) groups is 1. The van der Waals surface area contributed by atoms with Crippen molar-refractivity contribution >= 4 is 23.2 Å². The second-order valence-corrected chi connectivity index (χ2v) is 4.69. The molecule has 0 bridgehead atoms. The maximum Gasteiger partial charge on any atom is 0.258 e. The van der Waals surface area contributed by atoms with Gasteiger partial charge in [0.05, 0.1) is 17.7 Å². The molecular weight excluding hydrogens is 281 g/mol. The Balaban J connectivity index is 2.25. The molecule has 2 aromatic rings. The summed E-state index contributed by atoms with van der Waals surface area (Å²) in [5, 5.41) is 3.05. The molecule has 0 atom stereocenters. The van der Waals surface area contributed by atoms with Gasteiger partial charge in [0.15, 0.2) is 0 Å². The summed E-state index contributed by atoms with van der Waals surface area (Å²) in [5.74, 6) is -0.640. The molecule has 0 heterocycles. The largest absolute Gasteiger partial charge is 0.495 e. The number of amides is 1. The van der Waals surface area contributed by atoms with E-state index in [1.165, 1.54) is 19.2 Å². The summed E-state index contributed by atoms with van der Waals surface area (Å²) in [6.45, 7) is 1.79. The van der Waals surface area contributed by atoms with Crippen molar-refractivity contribution in [1.82, 2.24) is 0 Å². The molecule has 2 rings (SSSR count). The normalized spacial score (nSPS) is 10.2. The number of nitrogens with one attached hydrogen (secondary N) is 1. The van der Waals surface area contributed by atoms with Crippen molar-refractivity contribution in [2.45, 2.75) is 6.92 Å². The first kappa shape index (κ1) is 14.3. The predicted molar refractivity (Wildman–Crippen MR) is 77.1 cm³/mol. The lowest BCUT2D eigenvalue weighted by Crippen LogP contribution is -2.14. The van der Waals surface area contributed by atoms with Crippen LogP contribution in [0.4, 0.5) is 10.1 Å². The Kier molecular flexibility index (Phi) is 4.25. The van der Waals surface area contributed by atoms with E-state index >= 15 is 0 Å². The van der Waals surface area contributed by atoms with Crippen LogP contribution in [0.15, 0.2) is 36.4 Å². The number of aryl methyl sites for hydroxylation is 1. The molecule has 3 nitrogen and oxygen atoms in total. The van der Waals surface area contributed by atoms with E-state index in [1.807, 2.05) is 0 Å². The standard InChI is InChI=1S/C15H13ClFNO2/c1-9-3-6-13(17)11(7-9)15(19)18-10-4-5-12(16)14(8-10)20-2/h3-8H,1-2H3,(H,18,19). The summed E-state index contributed by atoms with van der Waals surface area (Å²) >= 11 is 5.90. The Morgan fingerprint density at radius 3 is 2.70 bits per heavy atom. The number of methoxy groups -OCH3 is 1. The fourth-order valence-corrected chi connectivity index (χ4v) is 1.94. The first-order chi connectivity index (χ1) is 9.51. The van der Waals surface area contributed by atoms with Crippen LogP contribution in [0.2, 0.25) is 5.02 Å². The van der Waals surface area contributed by atoms with Gasteiger partial charge in [-0.1, -0.05) is 23.2 Å². The summed E-state index contributed by atoms with van der Waals surface area (Å²) < 4.78 is 18.7. The molecule has 2 aromatic carbocycles. The lowest BCUT2D eigenvalue weighted by Gasteiger charge is -2.09. The van der Waals surface area contributed by atoms with Gasteiger partial charge in [-0.25, -0.2) is 4.39 Å². The van der Waals surface area contributed by atoms with Gasteiger partial charge in [-0.2, -0.15) is 0 Å². The highest BCUT2D eigenvalue weighted by molar-refractivity contribution is 6.32. The lowest BCUT2D eigenvalue weighted by molar-refractivity contribution is 0.102. The van der Waals surface area contributed by atoms with Crippen LogP contribution in [0.3, 0.4) is 0 Å². The van der Waals surface area contributed by atoms with Crippen LogP contribution in [0.1, 0.15) is 15.9 Å². The Labute approximate surface area is 121 Å². The van der Waals surface area contributed by atoms with Crippen molar-refractivity contribution < 1.29 is 13.9 Å². The molecule has 1 N–H and O–H groups in total. The Morgan fingerprint density at radius 2 is 2.00 bits per heavy atom. The van der Waals surface area contributed by atoms with Crippen molar-refractivity contribution in [3.8, 4) is 5.75 Å². The molecule has 0 spiro atoms. The van der Waals surface area contributed by atoms with E-state index in [9.17, 15) is 9.18 Å². The molecule has 0 saturated carbocycles. The molecule has 20 heavy (non-hydrogen) atoms. The van der Waals surface area contributed by atoms with Crippen molar-refractivity contribution in [2.75, 3.05) is 12.4 Å². The minimum atomic E-state index is -0.561. The summed E-state index contributed by atoms with van der Waals surface area (Å²) in [6.07, 6.45) is 0. The highest BCUT2D eigenvalue weighted by Gasteiger charge is 2.13. The minimum absolute atomic E-state index is 0.00100. The van der Waals surface area contributed by atoms with E-state index in [2.05, 4.69) is 5.32 Å². The third-order valence-electron chi connectivity index (χ3n) is 2.78. The van der Waals surface area contributed by atoms with Crippen molar-refractivity contribution in [2.24, 2.45) is 0 Å². The smallest absolute Gasteiger partial charge is 0.258 e. The monoisotopic (exact) mass is 293 g/mol. The van der Waals surface area contributed by atoms with E-state index < -0.39 is 11.7 Å². The second kappa shape index (κ2) is 5.92.